The summed E-state index contributed by atoms with van der Waals surface area (Å²) in [5, 5.41) is 11.4. The van der Waals surface area contributed by atoms with Gasteiger partial charge in [0.05, 0.1) is 6.20 Å². The van der Waals surface area contributed by atoms with Crippen molar-refractivity contribution in [3.63, 3.8) is 0 Å². The molecule has 3 heteroatoms. The molecule has 1 aromatic heterocycles. The minimum Gasteiger partial charge on any atom is -0.310 e. The molecule has 0 radical (unpaired) electrons. The molecular formula is C14H25N3. The molecule has 0 fully saturated rings. The lowest BCUT2D eigenvalue weighted by molar-refractivity contribution is 0.332. The fourth-order valence-electron chi connectivity index (χ4n) is 1.79. The van der Waals surface area contributed by atoms with E-state index in [1.165, 1.54) is 12.0 Å². The van der Waals surface area contributed by atoms with Crippen LogP contribution in [0.4, 0.5) is 0 Å². The monoisotopic (exact) mass is 235 g/mol. The first-order valence-corrected chi connectivity index (χ1v) is 6.53. The third-order valence-corrected chi connectivity index (χ3v) is 2.83. The summed E-state index contributed by atoms with van der Waals surface area (Å²) in [5.41, 5.74) is 1.63. The van der Waals surface area contributed by atoms with E-state index < -0.39 is 0 Å². The van der Waals surface area contributed by atoms with E-state index in [0.29, 0.717) is 11.5 Å². The molecule has 0 aromatic carbocycles. The Morgan fingerprint density at radius 3 is 2.59 bits per heavy atom. The highest BCUT2D eigenvalue weighted by molar-refractivity contribution is 5.11. The highest BCUT2D eigenvalue weighted by Gasteiger charge is 2.16. The van der Waals surface area contributed by atoms with Crippen LogP contribution in [0.1, 0.15) is 58.6 Å². The van der Waals surface area contributed by atoms with Crippen LogP contribution in [0.3, 0.4) is 0 Å². The molecule has 0 saturated carbocycles. The van der Waals surface area contributed by atoms with Gasteiger partial charge in [-0.15, -0.1) is 0 Å². The van der Waals surface area contributed by atoms with E-state index in [1.807, 2.05) is 6.20 Å². The lowest BCUT2D eigenvalue weighted by Crippen LogP contribution is -2.23. The second kappa shape index (κ2) is 6.70. The highest BCUT2D eigenvalue weighted by Crippen LogP contribution is 2.26. The standard InChI is InChI=1S/C14H25N3/c1-5-9-15-13(6-8-14(2,3)4)12-7-10-16-17-11-12/h7,10-11,13,15H,5-6,8-9H2,1-4H3. The number of hydrogen-bond donors (Lipinski definition) is 1. The maximum absolute atomic E-state index is 3.97. The van der Waals surface area contributed by atoms with Crippen molar-refractivity contribution in [3.05, 3.63) is 24.0 Å². The Morgan fingerprint density at radius 2 is 2.06 bits per heavy atom. The van der Waals surface area contributed by atoms with Gasteiger partial charge in [-0.3, -0.25) is 0 Å². The predicted octanol–water partition coefficient (Wildman–Crippen LogP) is 3.34. The van der Waals surface area contributed by atoms with Crippen molar-refractivity contribution in [3.8, 4) is 0 Å². The molecule has 0 spiro atoms. The van der Waals surface area contributed by atoms with Gasteiger partial charge in [-0.1, -0.05) is 27.7 Å². The molecule has 1 aromatic rings. The van der Waals surface area contributed by atoms with Crippen molar-refractivity contribution < 1.29 is 0 Å². The average molecular weight is 235 g/mol. The Balaban J connectivity index is 2.61. The molecule has 0 aliphatic rings. The van der Waals surface area contributed by atoms with E-state index >= 15 is 0 Å². The molecule has 1 N–H and O–H groups in total. The number of rotatable bonds is 6. The average Bonchev–Trinajstić information content (AvgIpc) is 2.29. The third kappa shape index (κ3) is 5.78. The van der Waals surface area contributed by atoms with Crippen molar-refractivity contribution in [1.82, 2.24) is 15.5 Å². The Bertz CT molecular complexity index is 303. The summed E-state index contributed by atoms with van der Waals surface area (Å²) in [6, 6.07) is 2.47. The fourth-order valence-corrected chi connectivity index (χ4v) is 1.79. The first-order valence-electron chi connectivity index (χ1n) is 6.53. The summed E-state index contributed by atoms with van der Waals surface area (Å²) in [5.74, 6) is 0. The zero-order chi connectivity index (χ0) is 12.7. The van der Waals surface area contributed by atoms with Gasteiger partial charge in [-0.2, -0.15) is 10.2 Å². The van der Waals surface area contributed by atoms with Crippen LogP contribution in [0.5, 0.6) is 0 Å². The highest BCUT2D eigenvalue weighted by atomic mass is 15.1. The van der Waals surface area contributed by atoms with Crippen molar-refractivity contribution >= 4 is 0 Å². The van der Waals surface area contributed by atoms with Gasteiger partial charge in [0.1, 0.15) is 0 Å². The summed E-state index contributed by atoms with van der Waals surface area (Å²) in [4.78, 5) is 0. The molecule has 0 aliphatic heterocycles. The largest absolute Gasteiger partial charge is 0.310 e. The summed E-state index contributed by atoms with van der Waals surface area (Å²) in [6.07, 6.45) is 7.15. The normalized spacial score (nSPS) is 13.6. The number of aromatic nitrogens is 2. The van der Waals surface area contributed by atoms with Crippen LogP contribution in [-0.4, -0.2) is 16.7 Å². The van der Waals surface area contributed by atoms with Crippen LogP contribution in [0, 0.1) is 5.41 Å². The smallest absolute Gasteiger partial charge is 0.0544 e. The second-order valence-corrected chi connectivity index (χ2v) is 5.78. The molecule has 17 heavy (non-hydrogen) atoms. The van der Waals surface area contributed by atoms with Crippen LogP contribution >= 0.6 is 0 Å². The fraction of sp³-hybridized carbons (Fsp3) is 0.714. The van der Waals surface area contributed by atoms with Crippen LogP contribution < -0.4 is 5.32 Å². The van der Waals surface area contributed by atoms with Crippen LogP contribution in [-0.2, 0) is 0 Å². The Morgan fingerprint density at radius 1 is 1.29 bits per heavy atom. The molecule has 0 aliphatic carbocycles. The van der Waals surface area contributed by atoms with E-state index in [0.717, 1.165) is 19.4 Å². The molecule has 0 saturated heterocycles. The number of nitrogens with one attached hydrogen (secondary N) is 1. The molecule has 1 atom stereocenters. The van der Waals surface area contributed by atoms with Crippen LogP contribution in [0.2, 0.25) is 0 Å². The van der Waals surface area contributed by atoms with Gasteiger partial charge in [0, 0.05) is 12.2 Å². The summed E-state index contributed by atoms with van der Waals surface area (Å²) in [6.45, 7) is 10.1. The second-order valence-electron chi connectivity index (χ2n) is 5.78. The van der Waals surface area contributed by atoms with Gasteiger partial charge in [-0.25, -0.2) is 0 Å². The van der Waals surface area contributed by atoms with Gasteiger partial charge in [0.25, 0.3) is 0 Å². The lowest BCUT2D eigenvalue weighted by Gasteiger charge is -2.24. The summed E-state index contributed by atoms with van der Waals surface area (Å²) >= 11 is 0. The van der Waals surface area contributed by atoms with Crippen molar-refractivity contribution in [2.75, 3.05) is 6.54 Å². The molecule has 3 nitrogen and oxygen atoms in total. The van der Waals surface area contributed by atoms with Gasteiger partial charge in [0.15, 0.2) is 0 Å². The summed E-state index contributed by atoms with van der Waals surface area (Å²) < 4.78 is 0. The first-order chi connectivity index (χ1) is 8.03. The van der Waals surface area contributed by atoms with Gasteiger partial charge >= 0.3 is 0 Å². The molecule has 1 rings (SSSR count). The predicted molar refractivity (Wildman–Crippen MR) is 71.8 cm³/mol. The Kier molecular flexibility index (Phi) is 5.56. The number of nitrogens with zero attached hydrogens (tertiary/aromatic N) is 2. The third-order valence-electron chi connectivity index (χ3n) is 2.83. The topological polar surface area (TPSA) is 37.8 Å². The minimum atomic E-state index is 0.382. The molecule has 96 valence electrons. The van der Waals surface area contributed by atoms with Crippen LogP contribution in [0.25, 0.3) is 0 Å². The molecule has 1 unspecified atom stereocenters. The van der Waals surface area contributed by atoms with Crippen molar-refractivity contribution in [2.24, 2.45) is 5.41 Å². The maximum atomic E-state index is 3.97. The van der Waals surface area contributed by atoms with Gasteiger partial charge < -0.3 is 5.32 Å². The van der Waals surface area contributed by atoms with E-state index in [1.54, 1.807) is 6.20 Å². The minimum absolute atomic E-state index is 0.382. The summed E-state index contributed by atoms with van der Waals surface area (Å²) in [7, 11) is 0. The zero-order valence-corrected chi connectivity index (χ0v) is 11.5. The van der Waals surface area contributed by atoms with E-state index in [9.17, 15) is 0 Å². The first kappa shape index (κ1) is 14.1. The van der Waals surface area contributed by atoms with Gasteiger partial charge in [0.2, 0.25) is 0 Å². The van der Waals surface area contributed by atoms with Crippen LogP contribution in [0.15, 0.2) is 18.5 Å². The molecule has 0 amide bonds. The molecular weight excluding hydrogens is 210 g/mol. The lowest BCUT2D eigenvalue weighted by atomic mass is 9.87. The molecule has 0 bridgehead atoms. The Hall–Kier alpha value is -0.960. The zero-order valence-electron chi connectivity index (χ0n) is 11.5. The van der Waals surface area contributed by atoms with E-state index in [-0.39, 0.29) is 0 Å². The Labute approximate surface area is 105 Å². The van der Waals surface area contributed by atoms with E-state index in [4.69, 9.17) is 0 Å². The molecule has 1 heterocycles. The SMILES string of the molecule is CCCNC(CCC(C)(C)C)c1ccnnc1. The van der Waals surface area contributed by atoms with E-state index in [2.05, 4.69) is 49.3 Å². The van der Waals surface area contributed by atoms with Crippen molar-refractivity contribution in [2.45, 2.75) is 53.0 Å². The van der Waals surface area contributed by atoms with Gasteiger partial charge in [-0.05, 0) is 42.9 Å². The van der Waals surface area contributed by atoms with Crippen molar-refractivity contribution in [1.29, 1.82) is 0 Å². The number of hydrogen-bond acceptors (Lipinski definition) is 3. The maximum Gasteiger partial charge on any atom is 0.0544 e. The quantitative estimate of drug-likeness (QED) is 0.821.